The molecule has 1 aliphatic rings. The molecule has 0 spiro atoms. The molecular formula is C24H26FN5O2. The van der Waals surface area contributed by atoms with Crippen molar-refractivity contribution in [1.82, 2.24) is 20.3 Å². The molecule has 0 unspecified atom stereocenters. The molecule has 8 heteroatoms. The topological polar surface area (TPSA) is 87.3 Å². The SMILES string of the molecule is Cc1nc2cc(O)c(-c3ccc4nc(N5C[C@@H](F)[C@H](NC(C)(C)C)C5)ccc4n3)cc2o1. The summed E-state index contributed by atoms with van der Waals surface area (Å²) in [6.45, 7) is 8.76. The Morgan fingerprint density at radius 2 is 1.78 bits per heavy atom. The number of nitrogens with one attached hydrogen (secondary N) is 1. The number of phenolic OH excluding ortho intramolecular Hbond substituents is 1. The Balaban J connectivity index is 1.44. The first-order valence-electron chi connectivity index (χ1n) is 10.7. The van der Waals surface area contributed by atoms with Crippen molar-refractivity contribution in [3.05, 3.63) is 42.3 Å². The molecule has 0 radical (unpaired) electrons. The van der Waals surface area contributed by atoms with Crippen molar-refractivity contribution in [3.63, 3.8) is 0 Å². The summed E-state index contributed by atoms with van der Waals surface area (Å²) in [6.07, 6.45) is -0.954. The Hall–Kier alpha value is -3.26. The van der Waals surface area contributed by atoms with Crippen LogP contribution in [-0.2, 0) is 0 Å². The van der Waals surface area contributed by atoms with Crippen LogP contribution in [0.3, 0.4) is 0 Å². The molecule has 5 rings (SSSR count). The molecule has 7 nitrogen and oxygen atoms in total. The van der Waals surface area contributed by atoms with E-state index in [0.717, 1.165) is 5.82 Å². The van der Waals surface area contributed by atoms with Gasteiger partial charge in [0.15, 0.2) is 11.5 Å². The van der Waals surface area contributed by atoms with Crippen LogP contribution in [0.5, 0.6) is 5.75 Å². The van der Waals surface area contributed by atoms with Gasteiger partial charge in [0.2, 0.25) is 0 Å². The maximum atomic E-state index is 14.6. The van der Waals surface area contributed by atoms with Crippen LogP contribution >= 0.6 is 0 Å². The minimum atomic E-state index is -0.954. The van der Waals surface area contributed by atoms with Gasteiger partial charge in [-0.15, -0.1) is 0 Å². The third kappa shape index (κ3) is 3.86. The molecule has 0 bridgehead atoms. The highest BCUT2D eigenvalue weighted by Gasteiger charge is 2.35. The fraction of sp³-hybridized carbons (Fsp3) is 0.375. The van der Waals surface area contributed by atoms with E-state index in [2.05, 4.69) is 15.3 Å². The summed E-state index contributed by atoms with van der Waals surface area (Å²) in [4.78, 5) is 15.6. The van der Waals surface area contributed by atoms with Crippen molar-refractivity contribution in [3.8, 4) is 17.0 Å². The zero-order chi connectivity index (χ0) is 22.6. The van der Waals surface area contributed by atoms with Crippen LogP contribution in [0.4, 0.5) is 10.2 Å². The first kappa shape index (κ1) is 20.6. The molecule has 4 heterocycles. The molecule has 1 fully saturated rings. The number of aryl methyl sites for hydroxylation is 1. The number of aromatic hydroxyl groups is 1. The van der Waals surface area contributed by atoms with Crippen LogP contribution < -0.4 is 10.2 Å². The van der Waals surface area contributed by atoms with E-state index in [1.807, 2.05) is 49.9 Å². The molecule has 4 aromatic rings. The van der Waals surface area contributed by atoms with E-state index in [-0.39, 0.29) is 17.3 Å². The zero-order valence-corrected chi connectivity index (χ0v) is 18.6. The lowest BCUT2D eigenvalue weighted by Gasteiger charge is -2.26. The molecule has 32 heavy (non-hydrogen) atoms. The lowest BCUT2D eigenvalue weighted by atomic mass is 10.1. The van der Waals surface area contributed by atoms with Gasteiger partial charge in [-0.3, -0.25) is 0 Å². The Labute approximate surface area is 185 Å². The summed E-state index contributed by atoms with van der Waals surface area (Å²) < 4.78 is 20.2. The number of aromatic nitrogens is 3. The summed E-state index contributed by atoms with van der Waals surface area (Å²) in [7, 11) is 0. The third-order valence-corrected chi connectivity index (χ3v) is 5.61. The molecule has 1 aliphatic heterocycles. The summed E-state index contributed by atoms with van der Waals surface area (Å²) in [5.74, 6) is 1.36. The van der Waals surface area contributed by atoms with Crippen molar-refractivity contribution in [2.45, 2.75) is 45.4 Å². The van der Waals surface area contributed by atoms with E-state index in [1.54, 1.807) is 19.1 Å². The number of hydrogen-bond acceptors (Lipinski definition) is 7. The van der Waals surface area contributed by atoms with Crippen LogP contribution in [0.1, 0.15) is 26.7 Å². The number of anilines is 1. The predicted octanol–water partition coefficient (Wildman–Crippen LogP) is 4.37. The molecule has 0 saturated carbocycles. The van der Waals surface area contributed by atoms with Gasteiger partial charge in [-0.1, -0.05) is 0 Å². The van der Waals surface area contributed by atoms with Gasteiger partial charge in [-0.2, -0.15) is 0 Å². The Morgan fingerprint density at radius 3 is 2.56 bits per heavy atom. The van der Waals surface area contributed by atoms with Crippen LogP contribution in [-0.4, -0.2) is 50.9 Å². The lowest BCUT2D eigenvalue weighted by Crippen LogP contribution is -2.48. The smallest absolute Gasteiger partial charge is 0.192 e. The van der Waals surface area contributed by atoms with E-state index < -0.39 is 6.17 Å². The van der Waals surface area contributed by atoms with Crippen molar-refractivity contribution in [2.75, 3.05) is 18.0 Å². The first-order chi connectivity index (χ1) is 15.2. The average Bonchev–Trinajstić information content (AvgIpc) is 3.26. The van der Waals surface area contributed by atoms with E-state index >= 15 is 0 Å². The van der Waals surface area contributed by atoms with Gasteiger partial charge >= 0.3 is 0 Å². The van der Waals surface area contributed by atoms with E-state index in [9.17, 15) is 9.50 Å². The number of phenols is 1. The Bertz CT molecular complexity index is 1310. The van der Waals surface area contributed by atoms with Crippen molar-refractivity contribution < 1.29 is 13.9 Å². The zero-order valence-electron chi connectivity index (χ0n) is 18.6. The normalized spacial score (nSPS) is 19.3. The molecule has 1 saturated heterocycles. The van der Waals surface area contributed by atoms with E-state index in [0.29, 0.717) is 52.4 Å². The molecule has 2 N–H and O–H groups in total. The van der Waals surface area contributed by atoms with Gasteiger partial charge < -0.3 is 19.7 Å². The third-order valence-electron chi connectivity index (χ3n) is 5.61. The monoisotopic (exact) mass is 435 g/mol. The summed E-state index contributed by atoms with van der Waals surface area (Å²) >= 11 is 0. The van der Waals surface area contributed by atoms with Crippen LogP contribution in [0.2, 0.25) is 0 Å². The molecule has 0 amide bonds. The highest BCUT2D eigenvalue weighted by atomic mass is 19.1. The number of hydrogen-bond donors (Lipinski definition) is 2. The summed E-state index contributed by atoms with van der Waals surface area (Å²) in [6, 6.07) is 10.5. The second kappa shape index (κ2) is 7.41. The summed E-state index contributed by atoms with van der Waals surface area (Å²) in [5.41, 5.74) is 3.63. The largest absolute Gasteiger partial charge is 0.507 e. The fourth-order valence-corrected chi connectivity index (χ4v) is 4.25. The maximum Gasteiger partial charge on any atom is 0.192 e. The number of pyridine rings is 2. The van der Waals surface area contributed by atoms with Gasteiger partial charge in [0.25, 0.3) is 0 Å². The fourth-order valence-electron chi connectivity index (χ4n) is 4.25. The van der Waals surface area contributed by atoms with Gasteiger partial charge in [0.1, 0.15) is 23.3 Å². The Morgan fingerprint density at radius 1 is 1.03 bits per heavy atom. The molecular weight excluding hydrogens is 409 g/mol. The highest BCUT2D eigenvalue weighted by Crippen LogP contribution is 2.33. The number of alkyl halides is 1. The standard InChI is InChI=1S/C24H26FN5O2/c1-13-26-19-10-21(31)14(9-22(19)32-13)16-5-6-18-17(27-16)7-8-23(28-18)30-11-15(25)20(12-30)29-24(2,3)4/h5-10,15,20,29,31H,11-12H2,1-4H3/t15-,20-/m1/s1. The van der Waals surface area contributed by atoms with Gasteiger partial charge in [0.05, 0.1) is 29.3 Å². The molecule has 166 valence electrons. The minimum absolute atomic E-state index is 0.0886. The number of oxazole rings is 1. The van der Waals surface area contributed by atoms with Crippen molar-refractivity contribution in [1.29, 1.82) is 0 Å². The Kier molecular flexibility index (Phi) is 4.78. The number of rotatable bonds is 3. The van der Waals surface area contributed by atoms with Gasteiger partial charge in [-0.25, -0.2) is 19.3 Å². The maximum absolute atomic E-state index is 14.6. The number of halogens is 1. The lowest BCUT2D eigenvalue weighted by molar-refractivity contribution is 0.257. The quantitative estimate of drug-likeness (QED) is 0.494. The first-order valence-corrected chi connectivity index (χ1v) is 10.7. The minimum Gasteiger partial charge on any atom is -0.507 e. The van der Waals surface area contributed by atoms with Gasteiger partial charge in [-0.05, 0) is 51.1 Å². The average molecular weight is 436 g/mol. The molecule has 0 aliphatic carbocycles. The van der Waals surface area contributed by atoms with Crippen LogP contribution in [0, 0.1) is 6.92 Å². The van der Waals surface area contributed by atoms with Crippen LogP contribution in [0.25, 0.3) is 33.4 Å². The predicted molar refractivity (Wildman–Crippen MR) is 123 cm³/mol. The summed E-state index contributed by atoms with van der Waals surface area (Å²) in [5, 5.41) is 13.8. The molecule has 1 aromatic carbocycles. The van der Waals surface area contributed by atoms with Crippen molar-refractivity contribution in [2.24, 2.45) is 0 Å². The second-order valence-corrected chi connectivity index (χ2v) is 9.40. The second-order valence-electron chi connectivity index (χ2n) is 9.40. The van der Waals surface area contributed by atoms with E-state index in [4.69, 9.17) is 9.40 Å². The van der Waals surface area contributed by atoms with E-state index in [1.165, 1.54) is 0 Å². The number of nitrogens with zero attached hydrogens (tertiary/aromatic N) is 4. The highest BCUT2D eigenvalue weighted by molar-refractivity contribution is 5.86. The number of benzene rings is 1. The van der Waals surface area contributed by atoms with Crippen LogP contribution in [0.15, 0.2) is 40.8 Å². The number of fused-ring (bicyclic) bond motifs is 2. The van der Waals surface area contributed by atoms with Gasteiger partial charge in [0, 0.05) is 30.6 Å². The molecule has 2 atom stereocenters. The molecule has 3 aromatic heterocycles. The van der Waals surface area contributed by atoms with Crippen molar-refractivity contribution >= 4 is 28.0 Å².